The lowest BCUT2D eigenvalue weighted by molar-refractivity contribution is -0.0818. The molecule has 0 aromatic carbocycles. The summed E-state index contributed by atoms with van der Waals surface area (Å²) in [6, 6.07) is -1.37. The van der Waals surface area contributed by atoms with E-state index in [0.717, 1.165) is 4.90 Å². The standard InChI is InChI=1S/C8H13N3O6/c12-1-3-4(13)5(14)6(17-3)11-2-9-7(15)10-8(11)16/h3-6,12-14H,1-2H2,(H2,9,10,15,16)/t3-,4?,5?,6-/m0/s1. The van der Waals surface area contributed by atoms with Gasteiger partial charge in [0.15, 0.2) is 6.23 Å². The highest BCUT2D eigenvalue weighted by atomic mass is 16.6. The van der Waals surface area contributed by atoms with Crippen molar-refractivity contribution >= 4 is 12.1 Å². The Hall–Kier alpha value is -1.42. The number of carbonyl (C=O) groups is 2. The van der Waals surface area contributed by atoms with Crippen molar-refractivity contribution in [1.29, 1.82) is 0 Å². The van der Waals surface area contributed by atoms with Crippen molar-refractivity contribution in [2.45, 2.75) is 24.5 Å². The number of hydrogen-bond donors (Lipinski definition) is 5. The third-order valence-corrected chi connectivity index (χ3v) is 2.72. The maximum absolute atomic E-state index is 11.5. The molecule has 2 fully saturated rings. The molecule has 0 radical (unpaired) electrons. The zero-order valence-electron chi connectivity index (χ0n) is 8.74. The summed E-state index contributed by atoms with van der Waals surface area (Å²) in [7, 11) is 0. The summed E-state index contributed by atoms with van der Waals surface area (Å²) < 4.78 is 5.14. The average Bonchev–Trinajstić information content (AvgIpc) is 2.57. The van der Waals surface area contributed by atoms with Gasteiger partial charge in [-0.25, -0.2) is 9.59 Å². The van der Waals surface area contributed by atoms with Crippen LogP contribution in [-0.2, 0) is 4.74 Å². The molecule has 0 spiro atoms. The summed E-state index contributed by atoms with van der Waals surface area (Å²) in [6.07, 6.45) is -4.69. The molecule has 0 aliphatic carbocycles. The summed E-state index contributed by atoms with van der Waals surface area (Å²) in [6.45, 7) is -0.617. The van der Waals surface area contributed by atoms with Crippen molar-refractivity contribution in [2.75, 3.05) is 13.3 Å². The SMILES string of the molecule is O=C1NCN([C@H]2O[C@@H](CO)C(O)C2O)C(=O)N1. The first-order valence-electron chi connectivity index (χ1n) is 5.02. The predicted molar refractivity (Wildman–Crippen MR) is 51.5 cm³/mol. The van der Waals surface area contributed by atoms with Gasteiger partial charge in [0.2, 0.25) is 0 Å². The highest BCUT2D eigenvalue weighted by Gasteiger charge is 2.47. The van der Waals surface area contributed by atoms with E-state index in [1.54, 1.807) is 0 Å². The third kappa shape index (κ3) is 2.05. The van der Waals surface area contributed by atoms with Crippen molar-refractivity contribution < 1.29 is 29.6 Å². The van der Waals surface area contributed by atoms with E-state index in [1.165, 1.54) is 0 Å². The fourth-order valence-electron chi connectivity index (χ4n) is 1.78. The van der Waals surface area contributed by atoms with Crippen molar-refractivity contribution in [3.05, 3.63) is 0 Å². The first-order chi connectivity index (χ1) is 8.04. The van der Waals surface area contributed by atoms with Crippen LogP contribution >= 0.6 is 0 Å². The second-order valence-corrected chi connectivity index (χ2v) is 3.79. The van der Waals surface area contributed by atoms with E-state index in [1.807, 2.05) is 5.32 Å². The number of imide groups is 1. The van der Waals surface area contributed by atoms with Crippen LogP contribution in [0.15, 0.2) is 0 Å². The van der Waals surface area contributed by atoms with Gasteiger partial charge in [0.25, 0.3) is 0 Å². The van der Waals surface area contributed by atoms with Crippen molar-refractivity contribution in [3.63, 3.8) is 0 Å². The molecule has 9 heteroatoms. The van der Waals surface area contributed by atoms with E-state index in [2.05, 4.69) is 5.32 Å². The molecule has 0 aromatic rings. The molecule has 5 N–H and O–H groups in total. The summed E-state index contributed by atoms with van der Waals surface area (Å²) in [5.41, 5.74) is 0. The van der Waals surface area contributed by atoms with Crippen molar-refractivity contribution in [3.8, 4) is 0 Å². The molecule has 0 saturated carbocycles. The second-order valence-electron chi connectivity index (χ2n) is 3.79. The number of ether oxygens (including phenoxy) is 1. The van der Waals surface area contributed by atoms with Gasteiger partial charge in [-0.05, 0) is 0 Å². The molecule has 0 aromatic heterocycles. The molecular formula is C8H13N3O6. The van der Waals surface area contributed by atoms with Gasteiger partial charge >= 0.3 is 12.1 Å². The smallest absolute Gasteiger partial charge is 0.329 e. The summed E-state index contributed by atoms with van der Waals surface area (Å²) in [5.74, 6) is 0. The Morgan fingerprint density at radius 1 is 1.35 bits per heavy atom. The predicted octanol–water partition coefficient (Wildman–Crippen LogP) is -2.88. The van der Waals surface area contributed by atoms with E-state index in [-0.39, 0.29) is 6.67 Å². The van der Waals surface area contributed by atoms with E-state index < -0.39 is 43.2 Å². The summed E-state index contributed by atoms with van der Waals surface area (Å²) in [5, 5.41) is 32.4. The van der Waals surface area contributed by atoms with Crippen LogP contribution in [0.2, 0.25) is 0 Å². The first kappa shape index (κ1) is 12.0. The number of nitrogens with one attached hydrogen (secondary N) is 2. The van der Waals surface area contributed by atoms with Crippen LogP contribution in [0.5, 0.6) is 0 Å². The molecule has 2 aliphatic heterocycles. The minimum atomic E-state index is -1.34. The van der Waals surface area contributed by atoms with E-state index >= 15 is 0 Å². The quantitative estimate of drug-likeness (QED) is 0.356. The highest BCUT2D eigenvalue weighted by molar-refractivity contribution is 5.95. The van der Waals surface area contributed by atoms with Gasteiger partial charge in [-0.2, -0.15) is 0 Å². The average molecular weight is 247 g/mol. The van der Waals surface area contributed by atoms with Crippen LogP contribution in [0.3, 0.4) is 0 Å². The Morgan fingerprint density at radius 2 is 2.06 bits per heavy atom. The van der Waals surface area contributed by atoms with Crippen LogP contribution in [0.25, 0.3) is 0 Å². The maximum Gasteiger partial charge on any atom is 0.329 e. The Bertz CT molecular complexity index is 337. The molecule has 4 atom stereocenters. The van der Waals surface area contributed by atoms with Gasteiger partial charge in [-0.1, -0.05) is 0 Å². The number of aliphatic hydroxyl groups excluding tert-OH is 3. The summed E-state index contributed by atoms with van der Waals surface area (Å²) in [4.78, 5) is 23.3. The molecular weight excluding hydrogens is 234 g/mol. The van der Waals surface area contributed by atoms with Crippen LogP contribution in [-0.4, -0.2) is 70.1 Å². The second kappa shape index (κ2) is 4.45. The van der Waals surface area contributed by atoms with Crippen molar-refractivity contribution in [2.24, 2.45) is 0 Å². The van der Waals surface area contributed by atoms with E-state index in [4.69, 9.17) is 9.84 Å². The Kier molecular flexibility index (Phi) is 3.15. The zero-order chi connectivity index (χ0) is 12.6. The van der Waals surface area contributed by atoms with E-state index in [0.29, 0.717) is 0 Å². The lowest BCUT2D eigenvalue weighted by Crippen LogP contribution is -2.62. The number of amides is 4. The van der Waals surface area contributed by atoms with Crippen molar-refractivity contribution in [1.82, 2.24) is 15.5 Å². The topological polar surface area (TPSA) is 131 Å². The number of carbonyl (C=O) groups excluding carboxylic acids is 2. The first-order valence-corrected chi connectivity index (χ1v) is 5.02. The Labute approximate surface area is 96.0 Å². The molecule has 9 nitrogen and oxygen atoms in total. The third-order valence-electron chi connectivity index (χ3n) is 2.72. The fraction of sp³-hybridized carbons (Fsp3) is 0.750. The molecule has 0 bridgehead atoms. The molecule has 2 heterocycles. The lowest BCUT2D eigenvalue weighted by Gasteiger charge is -2.33. The molecule has 2 unspecified atom stereocenters. The van der Waals surface area contributed by atoms with Gasteiger partial charge in [0.05, 0.1) is 13.3 Å². The van der Waals surface area contributed by atoms with Gasteiger partial charge in [-0.15, -0.1) is 0 Å². The number of rotatable bonds is 2. The minimum absolute atomic E-state index is 0.142. The Morgan fingerprint density at radius 3 is 2.59 bits per heavy atom. The monoisotopic (exact) mass is 247 g/mol. The number of hydrogen-bond acceptors (Lipinski definition) is 6. The van der Waals surface area contributed by atoms with Crippen LogP contribution in [0.1, 0.15) is 0 Å². The van der Waals surface area contributed by atoms with Gasteiger partial charge in [-0.3, -0.25) is 10.2 Å². The number of aliphatic hydroxyl groups is 3. The number of urea groups is 2. The van der Waals surface area contributed by atoms with Crippen LogP contribution < -0.4 is 10.6 Å². The number of nitrogens with zero attached hydrogens (tertiary/aromatic N) is 1. The fourth-order valence-corrected chi connectivity index (χ4v) is 1.78. The largest absolute Gasteiger partial charge is 0.394 e. The van der Waals surface area contributed by atoms with Crippen LogP contribution in [0, 0.1) is 0 Å². The highest BCUT2D eigenvalue weighted by Crippen LogP contribution is 2.24. The lowest BCUT2D eigenvalue weighted by atomic mass is 10.1. The van der Waals surface area contributed by atoms with Gasteiger partial charge in [0.1, 0.15) is 18.3 Å². The zero-order valence-corrected chi connectivity index (χ0v) is 8.74. The normalized spacial score (nSPS) is 37.9. The van der Waals surface area contributed by atoms with Gasteiger partial charge < -0.3 is 25.4 Å². The molecule has 17 heavy (non-hydrogen) atoms. The van der Waals surface area contributed by atoms with Crippen LogP contribution in [0.4, 0.5) is 9.59 Å². The molecule has 2 rings (SSSR count). The molecule has 2 aliphatic rings. The maximum atomic E-state index is 11.5. The minimum Gasteiger partial charge on any atom is -0.394 e. The molecule has 96 valence electrons. The molecule has 4 amide bonds. The molecule has 2 saturated heterocycles. The van der Waals surface area contributed by atoms with E-state index in [9.17, 15) is 19.8 Å². The van der Waals surface area contributed by atoms with Gasteiger partial charge in [0, 0.05) is 0 Å². The Balaban J connectivity index is 2.08. The summed E-state index contributed by atoms with van der Waals surface area (Å²) >= 11 is 0.